The molecule has 12 nitrogen and oxygen atoms in total. The van der Waals surface area contributed by atoms with Crippen molar-refractivity contribution in [2.75, 3.05) is 40.5 Å². The van der Waals surface area contributed by atoms with E-state index in [-0.39, 0.29) is 56.1 Å². The highest BCUT2D eigenvalue weighted by Gasteiger charge is 2.30. The second kappa shape index (κ2) is 15.3. The third-order valence-corrected chi connectivity index (χ3v) is 8.22. The molecule has 2 aromatic carbocycles. The van der Waals surface area contributed by atoms with E-state index >= 15 is 0 Å². The number of fused-ring (bicyclic) bond motifs is 2. The molecule has 2 heterocycles. The lowest BCUT2D eigenvalue weighted by molar-refractivity contribution is -0.133. The van der Waals surface area contributed by atoms with Crippen LogP contribution in [0.1, 0.15) is 82.3 Å². The first kappa shape index (κ1) is 37.2. The molecule has 0 saturated heterocycles. The van der Waals surface area contributed by atoms with Gasteiger partial charge in [0.25, 0.3) is 0 Å². The highest BCUT2D eigenvalue weighted by atomic mass is 16.5. The molecule has 0 spiro atoms. The molecule has 49 heavy (non-hydrogen) atoms. The van der Waals surface area contributed by atoms with Gasteiger partial charge in [-0.2, -0.15) is 10.2 Å². The second-order valence-corrected chi connectivity index (χ2v) is 14.3. The SMILES string of the molecule is CCCCN(CCOCC(=O)Cn1nc(C(=O)C(C)(C)C)c2ccc(OC)cc21)C(=O)Cn1nc(C(=O)C(C)(C)C)c2ccc(OC)cc21. The van der Waals surface area contributed by atoms with Gasteiger partial charge >= 0.3 is 0 Å². The summed E-state index contributed by atoms with van der Waals surface area (Å²) in [5.41, 5.74) is 0.576. The van der Waals surface area contributed by atoms with Crippen LogP contribution < -0.4 is 9.47 Å². The molecule has 1 amide bonds. The van der Waals surface area contributed by atoms with Crippen molar-refractivity contribution in [3.05, 3.63) is 47.8 Å². The van der Waals surface area contributed by atoms with Gasteiger partial charge in [0.15, 0.2) is 17.3 Å². The zero-order chi connectivity index (χ0) is 36.1. The lowest BCUT2D eigenvalue weighted by Crippen LogP contribution is -2.37. The van der Waals surface area contributed by atoms with Crippen LogP contribution in [0.3, 0.4) is 0 Å². The first-order valence-electron chi connectivity index (χ1n) is 16.6. The Balaban J connectivity index is 1.44. The topological polar surface area (TPSA) is 135 Å². The number of amides is 1. The molecule has 0 atom stereocenters. The number of nitrogens with zero attached hydrogens (tertiary/aromatic N) is 5. The van der Waals surface area contributed by atoms with Crippen molar-refractivity contribution in [3.8, 4) is 11.5 Å². The number of carbonyl (C=O) groups is 4. The zero-order valence-corrected chi connectivity index (χ0v) is 30.2. The van der Waals surface area contributed by atoms with Crippen LogP contribution >= 0.6 is 0 Å². The van der Waals surface area contributed by atoms with E-state index in [1.54, 1.807) is 60.2 Å². The van der Waals surface area contributed by atoms with Crippen LogP contribution in [-0.4, -0.2) is 88.2 Å². The molecule has 0 saturated carbocycles. The van der Waals surface area contributed by atoms with E-state index in [0.717, 1.165) is 12.8 Å². The van der Waals surface area contributed by atoms with Crippen LogP contribution in [0, 0.1) is 10.8 Å². The third-order valence-electron chi connectivity index (χ3n) is 8.22. The summed E-state index contributed by atoms with van der Waals surface area (Å²) in [4.78, 5) is 54.8. The van der Waals surface area contributed by atoms with Crippen molar-refractivity contribution in [2.24, 2.45) is 10.8 Å². The fourth-order valence-electron chi connectivity index (χ4n) is 5.36. The quantitative estimate of drug-likeness (QED) is 0.107. The molecule has 4 aromatic rings. The number of hydrogen-bond donors (Lipinski definition) is 0. The van der Waals surface area contributed by atoms with E-state index in [9.17, 15) is 19.2 Å². The van der Waals surface area contributed by atoms with Gasteiger partial charge in [0.2, 0.25) is 5.91 Å². The Morgan fingerprint density at radius 1 is 0.735 bits per heavy atom. The third kappa shape index (κ3) is 8.72. The molecular formula is C37H49N5O7. The number of ether oxygens (including phenoxy) is 3. The molecule has 0 unspecified atom stereocenters. The summed E-state index contributed by atoms with van der Waals surface area (Å²) in [6.07, 6.45) is 1.68. The number of benzene rings is 2. The average molecular weight is 676 g/mol. The maximum Gasteiger partial charge on any atom is 0.244 e. The molecule has 264 valence electrons. The molecule has 4 rings (SSSR count). The predicted molar refractivity (Wildman–Crippen MR) is 187 cm³/mol. The van der Waals surface area contributed by atoms with Gasteiger partial charge in [-0.05, 0) is 30.7 Å². The van der Waals surface area contributed by atoms with Crippen LogP contribution in [0.15, 0.2) is 36.4 Å². The van der Waals surface area contributed by atoms with Crippen LogP contribution in [-0.2, 0) is 27.4 Å². The number of carbonyl (C=O) groups excluding carboxylic acids is 4. The Morgan fingerprint density at radius 2 is 1.22 bits per heavy atom. The molecule has 12 heteroatoms. The highest BCUT2D eigenvalue weighted by Crippen LogP contribution is 2.30. The highest BCUT2D eigenvalue weighted by molar-refractivity contribution is 6.09. The van der Waals surface area contributed by atoms with Gasteiger partial charge in [-0.25, -0.2) is 0 Å². The maximum atomic E-state index is 13.6. The number of aromatic nitrogens is 4. The zero-order valence-electron chi connectivity index (χ0n) is 30.2. The smallest absolute Gasteiger partial charge is 0.244 e. The van der Waals surface area contributed by atoms with E-state index in [1.807, 2.05) is 48.5 Å². The van der Waals surface area contributed by atoms with Crippen molar-refractivity contribution >= 4 is 45.1 Å². The summed E-state index contributed by atoms with van der Waals surface area (Å²) < 4.78 is 19.6. The molecule has 0 bridgehead atoms. The minimum atomic E-state index is -0.651. The van der Waals surface area contributed by atoms with E-state index < -0.39 is 10.8 Å². The summed E-state index contributed by atoms with van der Waals surface area (Å²) in [7, 11) is 3.11. The van der Waals surface area contributed by atoms with Crippen LogP contribution in [0.5, 0.6) is 11.5 Å². The fraction of sp³-hybridized carbons (Fsp3) is 0.514. The van der Waals surface area contributed by atoms with Crippen molar-refractivity contribution in [1.82, 2.24) is 24.5 Å². The van der Waals surface area contributed by atoms with Crippen molar-refractivity contribution < 1.29 is 33.4 Å². The van der Waals surface area contributed by atoms with Gasteiger partial charge in [0.05, 0.1) is 31.9 Å². The summed E-state index contributed by atoms with van der Waals surface area (Å²) in [5.74, 6) is 0.522. The minimum absolute atomic E-state index is 0.0742. The maximum absolute atomic E-state index is 13.6. The lowest BCUT2D eigenvalue weighted by atomic mass is 9.88. The lowest BCUT2D eigenvalue weighted by Gasteiger charge is -2.22. The summed E-state index contributed by atoms with van der Waals surface area (Å²) in [6, 6.07) is 10.7. The largest absolute Gasteiger partial charge is 0.497 e. The summed E-state index contributed by atoms with van der Waals surface area (Å²) in [5, 5.41) is 10.4. The molecule has 0 N–H and O–H groups in total. The molecule has 0 aliphatic carbocycles. The molecule has 0 radical (unpaired) electrons. The average Bonchev–Trinajstić information content (AvgIpc) is 3.59. The Morgan fingerprint density at radius 3 is 1.67 bits per heavy atom. The van der Waals surface area contributed by atoms with E-state index in [2.05, 4.69) is 10.2 Å². The number of Topliss-reactive ketones (excluding diaryl/α,β-unsaturated/α-hetero) is 3. The van der Waals surface area contributed by atoms with E-state index in [0.29, 0.717) is 51.2 Å². The van der Waals surface area contributed by atoms with Crippen LogP contribution in [0.4, 0.5) is 0 Å². The first-order valence-corrected chi connectivity index (χ1v) is 16.6. The van der Waals surface area contributed by atoms with E-state index in [1.165, 1.54) is 4.68 Å². The van der Waals surface area contributed by atoms with Crippen LogP contribution in [0.25, 0.3) is 21.8 Å². The Bertz CT molecular complexity index is 1840. The minimum Gasteiger partial charge on any atom is -0.497 e. The van der Waals surface area contributed by atoms with Gasteiger partial charge in [-0.15, -0.1) is 0 Å². The monoisotopic (exact) mass is 675 g/mol. The van der Waals surface area contributed by atoms with Gasteiger partial charge in [0, 0.05) is 46.8 Å². The number of methoxy groups -OCH3 is 2. The Kier molecular flexibility index (Phi) is 11.6. The number of rotatable bonds is 16. The van der Waals surface area contributed by atoms with Gasteiger partial charge < -0.3 is 19.1 Å². The van der Waals surface area contributed by atoms with Gasteiger partial charge in [-0.3, -0.25) is 28.5 Å². The van der Waals surface area contributed by atoms with Gasteiger partial charge in [-0.1, -0.05) is 54.9 Å². The van der Waals surface area contributed by atoms with E-state index in [4.69, 9.17) is 14.2 Å². The van der Waals surface area contributed by atoms with Crippen molar-refractivity contribution in [3.63, 3.8) is 0 Å². The molecule has 0 aliphatic rings. The standard InChI is InChI=1S/C37H49N5O7/c1-10-11-16-40(31(44)22-42-30-20-26(48-9)13-15-28(30)33(39-42)35(46)37(5,6)7)17-18-49-23-24(43)21-41-29-19-25(47-8)12-14-27(29)32(38-41)34(45)36(2,3)4/h12-15,19-20H,10-11,16-18,21-23H2,1-9H3. The number of hydrogen-bond acceptors (Lipinski definition) is 9. The van der Waals surface area contributed by atoms with Crippen molar-refractivity contribution in [2.45, 2.75) is 74.4 Å². The fourth-order valence-corrected chi connectivity index (χ4v) is 5.36. The normalized spacial score (nSPS) is 12.0. The number of ketones is 3. The Labute approximate surface area is 287 Å². The van der Waals surface area contributed by atoms with Crippen LogP contribution in [0.2, 0.25) is 0 Å². The Hall–Kier alpha value is -4.58. The van der Waals surface area contributed by atoms with Gasteiger partial charge in [0.1, 0.15) is 42.6 Å². The van der Waals surface area contributed by atoms with Crippen molar-refractivity contribution in [1.29, 1.82) is 0 Å². The molecule has 0 aliphatic heterocycles. The molecular weight excluding hydrogens is 626 g/mol. The summed E-state index contributed by atoms with van der Waals surface area (Å²) >= 11 is 0. The molecule has 0 fully saturated rings. The molecule has 2 aromatic heterocycles. The summed E-state index contributed by atoms with van der Waals surface area (Å²) in [6.45, 7) is 13.6. The second-order valence-electron chi connectivity index (χ2n) is 14.3. The first-order chi connectivity index (χ1) is 23.1. The predicted octanol–water partition coefficient (Wildman–Crippen LogP) is 5.78. The number of unbranched alkanes of at least 4 members (excludes halogenated alkanes) is 1.